The number of likely N-dealkylation sites (N-methyl/N-ethyl adjacent to an activating group) is 1. The third-order valence-corrected chi connectivity index (χ3v) is 6.63. The number of unbranched alkanes of at least 4 members (excludes halogenated alkanes) is 7. The van der Waals surface area contributed by atoms with Gasteiger partial charge in [-0.3, -0.25) is 0 Å². The molecule has 176 valence electrons. The van der Waals surface area contributed by atoms with E-state index in [9.17, 15) is 0 Å². The average Bonchev–Trinajstić information content (AvgIpc) is 2.83. The summed E-state index contributed by atoms with van der Waals surface area (Å²) in [5.74, 6) is 1.69. The molecule has 33 heavy (non-hydrogen) atoms. The van der Waals surface area contributed by atoms with Crippen LogP contribution in [0.1, 0.15) is 72.1 Å². The lowest BCUT2D eigenvalue weighted by atomic mass is 9.97. The molecule has 4 nitrogen and oxygen atoms in total. The molecule has 1 aliphatic carbocycles. The number of benzene rings is 2. The van der Waals surface area contributed by atoms with Crippen molar-refractivity contribution in [3.8, 4) is 5.75 Å². The number of nitrogens with zero attached hydrogens (tertiary/aromatic N) is 1. The van der Waals surface area contributed by atoms with Crippen molar-refractivity contribution in [1.29, 1.82) is 0 Å². The Bertz CT molecular complexity index is 1050. The SMILES string of the molecule is CCCCCCCCCCNc1cc2c(c3ccccc13)N=C1C=C(C)C(NCC)C=C1O2. The summed E-state index contributed by atoms with van der Waals surface area (Å²) >= 11 is 0. The smallest absolute Gasteiger partial charge is 0.155 e. The zero-order valence-corrected chi connectivity index (χ0v) is 20.5. The molecule has 1 unspecified atom stereocenters. The number of allylic oxidation sites excluding steroid dienone is 1. The van der Waals surface area contributed by atoms with Gasteiger partial charge in [-0.25, -0.2) is 4.99 Å². The van der Waals surface area contributed by atoms with Gasteiger partial charge >= 0.3 is 0 Å². The van der Waals surface area contributed by atoms with Crippen LogP contribution in [0, 0.1) is 0 Å². The van der Waals surface area contributed by atoms with E-state index < -0.39 is 0 Å². The van der Waals surface area contributed by atoms with Crippen LogP contribution in [0.25, 0.3) is 10.8 Å². The van der Waals surface area contributed by atoms with Gasteiger partial charge in [-0.1, -0.05) is 88.6 Å². The maximum atomic E-state index is 6.41. The molecular formula is C29H39N3O. The minimum Gasteiger partial charge on any atom is -0.453 e. The molecule has 0 bridgehead atoms. The molecule has 2 N–H and O–H groups in total. The summed E-state index contributed by atoms with van der Waals surface area (Å²) in [5, 5.41) is 9.53. The standard InChI is InChI=1S/C29H39N3O/c1-4-6-7-8-9-10-11-14-17-31-25-20-28-29(23-16-13-12-15-22(23)25)32-26-18-21(3)24(30-5-2)19-27(26)33-28/h12-13,15-16,18-20,24,30-31H,4-11,14,17H2,1-3H3. The van der Waals surface area contributed by atoms with Gasteiger partial charge in [0.15, 0.2) is 11.5 Å². The summed E-state index contributed by atoms with van der Waals surface area (Å²) in [6.45, 7) is 8.45. The van der Waals surface area contributed by atoms with E-state index in [1.54, 1.807) is 0 Å². The van der Waals surface area contributed by atoms with Crippen molar-refractivity contribution < 1.29 is 4.74 Å². The van der Waals surface area contributed by atoms with Crippen LogP contribution in [0.4, 0.5) is 11.4 Å². The fourth-order valence-electron chi connectivity index (χ4n) is 4.75. The lowest BCUT2D eigenvalue weighted by Gasteiger charge is -2.27. The van der Waals surface area contributed by atoms with Gasteiger partial charge in [0.05, 0.1) is 6.04 Å². The normalized spacial score (nSPS) is 16.9. The first kappa shape index (κ1) is 23.6. The Kier molecular flexibility index (Phi) is 8.22. The second kappa shape index (κ2) is 11.5. The lowest BCUT2D eigenvalue weighted by molar-refractivity contribution is 0.443. The van der Waals surface area contributed by atoms with Gasteiger partial charge in [-0.15, -0.1) is 0 Å². The summed E-state index contributed by atoms with van der Waals surface area (Å²) in [7, 11) is 0. The van der Waals surface area contributed by atoms with Gasteiger partial charge in [0.1, 0.15) is 11.4 Å². The lowest BCUT2D eigenvalue weighted by Crippen LogP contribution is -2.33. The number of hydrogen-bond acceptors (Lipinski definition) is 4. The molecule has 1 heterocycles. The summed E-state index contributed by atoms with van der Waals surface area (Å²) < 4.78 is 6.41. The zero-order valence-electron chi connectivity index (χ0n) is 20.5. The van der Waals surface area contributed by atoms with Gasteiger partial charge in [0, 0.05) is 29.1 Å². The first-order chi connectivity index (χ1) is 16.2. The summed E-state index contributed by atoms with van der Waals surface area (Å²) in [5.41, 5.74) is 4.25. The van der Waals surface area contributed by atoms with Crippen molar-refractivity contribution in [2.24, 2.45) is 4.99 Å². The van der Waals surface area contributed by atoms with Crippen LogP contribution in [0.2, 0.25) is 0 Å². The second-order valence-electron chi connectivity index (χ2n) is 9.27. The van der Waals surface area contributed by atoms with Gasteiger partial charge in [0.2, 0.25) is 0 Å². The largest absolute Gasteiger partial charge is 0.453 e. The number of nitrogens with one attached hydrogen (secondary N) is 2. The minimum absolute atomic E-state index is 0.200. The Hall–Kier alpha value is -2.59. The fraction of sp³-hybridized carbons (Fsp3) is 0.483. The van der Waals surface area contributed by atoms with Gasteiger partial charge in [0.25, 0.3) is 0 Å². The molecule has 2 aromatic carbocycles. The molecule has 0 fully saturated rings. The molecule has 2 aliphatic rings. The minimum atomic E-state index is 0.200. The van der Waals surface area contributed by atoms with Crippen molar-refractivity contribution in [1.82, 2.24) is 5.32 Å². The van der Waals surface area contributed by atoms with Gasteiger partial charge < -0.3 is 15.4 Å². The van der Waals surface area contributed by atoms with Crippen LogP contribution in [0.15, 0.2) is 58.8 Å². The highest BCUT2D eigenvalue weighted by molar-refractivity contribution is 6.14. The molecule has 0 amide bonds. The molecule has 0 aromatic heterocycles. The van der Waals surface area contributed by atoms with E-state index in [0.29, 0.717) is 0 Å². The van der Waals surface area contributed by atoms with Crippen LogP contribution in [0.5, 0.6) is 5.75 Å². The van der Waals surface area contributed by atoms with Crippen LogP contribution in [-0.2, 0) is 0 Å². The first-order valence-electron chi connectivity index (χ1n) is 12.9. The van der Waals surface area contributed by atoms with Crippen molar-refractivity contribution in [2.75, 3.05) is 18.4 Å². The third kappa shape index (κ3) is 5.67. The number of aliphatic imine (C=N–C) groups is 1. The number of ether oxygens (including phenoxy) is 1. The Labute approximate surface area is 199 Å². The van der Waals surface area contributed by atoms with E-state index in [4.69, 9.17) is 9.73 Å². The number of anilines is 1. The number of hydrogen-bond donors (Lipinski definition) is 2. The number of fused-ring (bicyclic) bond motifs is 4. The summed E-state index contributed by atoms with van der Waals surface area (Å²) in [4.78, 5) is 5.02. The molecule has 4 heteroatoms. The van der Waals surface area contributed by atoms with Crippen molar-refractivity contribution in [3.05, 3.63) is 53.8 Å². The molecule has 1 atom stereocenters. The molecule has 4 rings (SSSR count). The van der Waals surface area contributed by atoms with Crippen LogP contribution in [0.3, 0.4) is 0 Å². The summed E-state index contributed by atoms with van der Waals surface area (Å²) in [6, 6.07) is 10.9. The van der Waals surface area contributed by atoms with Crippen LogP contribution < -0.4 is 15.4 Å². The Morgan fingerprint density at radius 1 is 0.939 bits per heavy atom. The third-order valence-electron chi connectivity index (χ3n) is 6.63. The Morgan fingerprint density at radius 2 is 1.67 bits per heavy atom. The second-order valence-corrected chi connectivity index (χ2v) is 9.27. The summed E-state index contributed by atoms with van der Waals surface area (Å²) in [6.07, 6.45) is 15.0. The topological polar surface area (TPSA) is 45.7 Å². The van der Waals surface area contributed by atoms with Crippen molar-refractivity contribution >= 4 is 27.9 Å². The maximum absolute atomic E-state index is 6.41. The molecule has 0 radical (unpaired) electrons. The molecule has 1 aliphatic heterocycles. The van der Waals surface area contributed by atoms with Crippen LogP contribution in [-0.4, -0.2) is 24.8 Å². The molecular weight excluding hydrogens is 406 g/mol. The van der Waals surface area contributed by atoms with Crippen molar-refractivity contribution in [2.45, 2.75) is 78.2 Å². The predicted octanol–water partition coefficient (Wildman–Crippen LogP) is 7.68. The van der Waals surface area contributed by atoms with E-state index in [0.717, 1.165) is 47.1 Å². The monoisotopic (exact) mass is 445 g/mol. The van der Waals surface area contributed by atoms with Crippen molar-refractivity contribution in [3.63, 3.8) is 0 Å². The molecule has 2 aromatic rings. The highest BCUT2D eigenvalue weighted by Gasteiger charge is 2.26. The van der Waals surface area contributed by atoms with E-state index in [1.165, 1.54) is 62.3 Å². The zero-order chi connectivity index (χ0) is 23.0. The predicted molar refractivity (Wildman–Crippen MR) is 142 cm³/mol. The first-order valence-corrected chi connectivity index (χ1v) is 12.9. The molecule has 0 spiro atoms. The highest BCUT2D eigenvalue weighted by atomic mass is 16.5. The fourth-order valence-corrected chi connectivity index (χ4v) is 4.75. The average molecular weight is 446 g/mol. The van der Waals surface area contributed by atoms with E-state index in [2.05, 4.69) is 73.9 Å². The van der Waals surface area contributed by atoms with Gasteiger partial charge in [-0.2, -0.15) is 0 Å². The van der Waals surface area contributed by atoms with E-state index in [-0.39, 0.29) is 6.04 Å². The Morgan fingerprint density at radius 3 is 2.42 bits per heavy atom. The van der Waals surface area contributed by atoms with E-state index >= 15 is 0 Å². The highest BCUT2D eigenvalue weighted by Crippen LogP contribution is 2.44. The Balaban J connectivity index is 1.47. The molecule has 0 saturated carbocycles. The van der Waals surface area contributed by atoms with Crippen LogP contribution >= 0.6 is 0 Å². The van der Waals surface area contributed by atoms with E-state index in [1.807, 2.05) is 0 Å². The van der Waals surface area contributed by atoms with Gasteiger partial charge in [-0.05, 0) is 32.0 Å². The quantitative estimate of drug-likeness (QED) is 0.329. The maximum Gasteiger partial charge on any atom is 0.155 e. The molecule has 0 saturated heterocycles. The number of rotatable bonds is 12.